The lowest BCUT2D eigenvalue weighted by atomic mass is 10.2. The van der Waals surface area contributed by atoms with Crippen LogP contribution < -0.4 is 10.1 Å². The fourth-order valence-corrected chi connectivity index (χ4v) is 1.84. The Morgan fingerprint density at radius 2 is 1.77 bits per heavy atom. The highest BCUT2D eigenvalue weighted by atomic mass is 16.5. The van der Waals surface area contributed by atoms with Crippen molar-refractivity contribution >= 4 is 17.6 Å². The quantitative estimate of drug-likeness (QED) is 0.862. The molecule has 0 heterocycles. The van der Waals surface area contributed by atoms with Gasteiger partial charge in [0.1, 0.15) is 5.75 Å². The van der Waals surface area contributed by atoms with E-state index < -0.39 is 12.1 Å². The summed E-state index contributed by atoms with van der Waals surface area (Å²) in [6, 6.07) is 15.6. The first kappa shape index (κ1) is 15.6. The van der Waals surface area contributed by atoms with Crippen molar-refractivity contribution in [1.29, 1.82) is 0 Å². The van der Waals surface area contributed by atoms with Crippen LogP contribution in [-0.4, -0.2) is 25.1 Å². The molecule has 2 rings (SSSR count). The summed E-state index contributed by atoms with van der Waals surface area (Å²) in [4.78, 5) is 23.6. The molecule has 5 heteroatoms. The molecule has 2 aromatic carbocycles. The average Bonchev–Trinajstić information content (AvgIpc) is 2.55. The summed E-state index contributed by atoms with van der Waals surface area (Å²) >= 11 is 0. The molecule has 0 bridgehead atoms. The Hall–Kier alpha value is -2.82. The highest BCUT2D eigenvalue weighted by Crippen LogP contribution is 2.14. The highest BCUT2D eigenvalue weighted by molar-refractivity contribution is 5.96. The summed E-state index contributed by atoms with van der Waals surface area (Å²) in [6.45, 7) is 1.66. The van der Waals surface area contributed by atoms with Crippen LogP contribution in [0.4, 0.5) is 5.69 Å². The van der Waals surface area contributed by atoms with Crippen LogP contribution in [0.1, 0.15) is 17.3 Å². The van der Waals surface area contributed by atoms with Gasteiger partial charge < -0.3 is 14.8 Å². The van der Waals surface area contributed by atoms with Crippen LogP contribution in [-0.2, 0) is 9.53 Å². The third-order valence-electron chi connectivity index (χ3n) is 2.98. The predicted molar refractivity (Wildman–Crippen MR) is 82.9 cm³/mol. The van der Waals surface area contributed by atoms with Gasteiger partial charge in [-0.3, -0.25) is 4.79 Å². The zero-order valence-electron chi connectivity index (χ0n) is 12.4. The van der Waals surface area contributed by atoms with E-state index in [1.165, 1.54) is 7.11 Å². The molecule has 1 amide bonds. The van der Waals surface area contributed by atoms with Gasteiger partial charge in [-0.05, 0) is 37.3 Å². The van der Waals surface area contributed by atoms with Crippen molar-refractivity contribution in [3.8, 4) is 5.75 Å². The molecule has 0 aliphatic rings. The van der Waals surface area contributed by atoms with Crippen molar-refractivity contribution in [2.75, 3.05) is 12.4 Å². The number of anilines is 1. The minimum atomic E-state index is -0.663. The third kappa shape index (κ3) is 4.09. The van der Waals surface area contributed by atoms with E-state index in [0.717, 1.165) is 0 Å². The maximum Gasteiger partial charge on any atom is 0.337 e. The fourth-order valence-electron chi connectivity index (χ4n) is 1.84. The number of ether oxygens (including phenoxy) is 2. The van der Waals surface area contributed by atoms with Gasteiger partial charge in [-0.15, -0.1) is 0 Å². The Morgan fingerprint density at radius 1 is 1.05 bits per heavy atom. The topological polar surface area (TPSA) is 64.6 Å². The Bertz CT molecular complexity index is 655. The second-order valence-corrected chi connectivity index (χ2v) is 4.63. The molecule has 114 valence electrons. The summed E-state index contributed by atoms with van der Waals surface area (Å²) in [5, 5.41) is 2.71. The minimum Gasteiger partial charge on any atom is -0.481 e. The molecule has 0 aromatic heterocycles. The predicted octanol–water partition coefficient (Wildman–Crippen LogP) is 2.88. The Kier molecular flexibility index (Phi) is 5.14. The zero-order valence-corrected chi connectivity index (χ0v) is 12.4. The number of hydrogen-bond donors (Lipinski definition) is 1. The summed E-state index contributed by atoms with van der Waals surface area (Å²) in [6.07, 6.45) is -0.663. The number of rotatable bonds is 5. The summed E-state index contributed by atoms with van der Waals surface area (Å²) in [5.41, 5.74) is 0.883. The largest absolute Gasteiger partial charge is 0.481 e. The SMILES string of the molecule is COC(=O)c1cccc(NC(=O)C(C)Oc2ccccc2)c1. The van der Waals surface area contributed by atoms with Crippen LogP contribution in [0.3, 0.4) is 0 Å². The fraction of sp³-hybridized carbons (Fsp3) is 0.176. The van der Waals surface area contributed by atoms with Crippen molar-refractivity contribution in [2.45, 2.75) is 13.0 Å². The van der Waals surface area contributed by atoms with Gasteiger partial charge in [-0.1, -0.05) is 24.3 Å². The molecule has 0 aliphatic heterocycles. The van der Waals surface area contributed by atoms with Crippen LogP contribution in [0.2, 0.25) is 0 Å². The number of para-hydroxylation sites is 1. The minimum absolute atomic E-state index is 0.300. The maximum atomic E-state index is 12.1. The van der Waals surface area contributed by atoms with Crippen LogP contribution in [0, 0.1) is 0 Å². The van der Waals surface area contributed by atoms with E-state index in [1.54, 1.807) is 43.3 Å². The molecule has 1 unspecified atom stereocenters. The summed E-state index contributed by atoms with van der Waals surface area (Å²) in [7, 11) is 1.31. The zero-order chi connectivity index (χ0) is 15.9. The lowest BCUT2D eigenvalue weighted by Crippen LogP contribution is -2.30. The number of nitrogens with one attached hydrogen (secondary N) is 1. The molecule has 0 radical (unpaired) electrons. The highest BCUT2D eigenvalue weighted by Gasteiger charge is 2.15. The molecule has 0 saturated carbocycles. The van der Waals surface area contributed by atoms with Crippen LogP contribution >= 0.6 is 0 Å². The smallest absolute Gasteiger partial charge is 0.337 e. The first-order valence-corrected chi connectivity index (χ1v) is 6.81. The van der Waals surface area contributed by atoms with Crippen molar-refractivity contribution in [1.82, 2.24) is 0 Å². The van der Waals surface area contributed by atoms with E-state index >= 15 is 0 Å². The van der Waals surface area contributed by atoms with Gasteiger partial charge >= 0.3 is 5.97 Å². The number of esters is 1. The van der Waals surface area contributed by atoms with Gasteiger partial charge in [-0.2, -0.15) is 0 Å². The van der Waals surface area contributed by atoms with Crippen LogP contribution in [0.5, 0.6) is 5.75 Å². The van der Waals surface area contributed by atoms with Crippen molar-refractivity contribution in [3.05, 3.63) is 60.2 Å². The first-order valence-electron chi connectivity index (χ1n) is 6.81. The number of amides is 1. The number of hydrogen-bond acceptors (Lipinski definition) is 4. The maximum absolute atomic E-state index is 12.1. The van der Waals surface area contributed by atoms with Crippen molar-refractivity contribution in [2.24, 2.45) is 0 Å². The molecule has 22 heavy (non-hydrogen) atoms. The van der Waals surface area contributed by atoms with Crippen molar-refractivity contribution in [3.63, 3.8) is 0 Å². The normalized spacial score (nSPS) is 11.4. The van der Waals surface area contributed by atoms with Crippen LogP contribution in [0.15, 0.2) is 54.6 Å². The van der Waals surface area contributed by atoms with Crippen LogP contribution in [0.25, 0.3) is 0 Å². The van der Waals surface area contributed by atoms with Gasteiger partial charge in [0.05, 0.1) is 12.7 Å². The molecule has 0 fully saturated rings. The Balaban J connectivity index is 2.01. The molecule has 5 nitrogen and oxygen atoms in total. The molecule has 0 saturated heterocycles. The molecule has 0 aliphatic carbocycles. The van der Waals surface area contributed by atoms with E-state index in [9.17, 15) is 9.59 Å². The van der Waals surface area contributed by atoms with E-state index in [2.05, 4.69) is 10.1 Å². The van der Waals surface area contributed by atoms with Gasteiger partial charge in [0.2, 0.25) is 0 Å². The first-order chi connectivity index (χ1) is 10.6. The Labute approximate surface area is 128 Å². The van der Waals surface area contributed by atoms with Crippen molar-refractivity contribution < 1.29 is 19.1 Å². The lowest BCUT2D eigenvalue weighted by Gasteiger charge is -2.15. The number of benzene rings is 2. The monoisotopic (exact) mass is 299 g/mol. The van der Waals surface area contributed by atoms with Gasteiger partial charge in [0, 0.05) is 5.69 Å². The number of carbonyl (C=O) groups is 2. The second-order valence-electron chi connectivity index (χ2n) is 4.63. The molecule has 2 aromatic rings. The molecular weight excluding hydrogens is 282 g/mol. The molecular formula is C17H17NO4. The standard InChI is InChI=1S/C17H17NO4/c1-12(22-15-9-4-3-5-10-15)16(19)18-14-8-6-7-13(11-14)17(20)21-2/h3-12H,1-2H3,(H,18,19). The van der Waals surface area contributed by atoms with Gasteiger partial charge in [0.15, 0.2) is 6.10 Å². The summed E-state index contributed by atoms with van der Waals surface area (Å²) < 4.78 is 10.2. The third-order valence-corrected chi connectivity index (χ3v) is 2.98. The molecule has 1 atom stereocenters. The van der Waals surface area contributed by atoms with E-state index in [4.69, 9.17) is 4.74 Å². The number of methoxy groups -OCH3 is 1. The van der Waals surface area contributed by atoms with E-state index in [0.29, 0.717) is 17.0 Å². The second kappa shape index (κ2) is 7.26. The van der Waals surface area contributed by atoms with E-state index in [1.807, 2.05) is 18.2 Å². The Morgan fingerprint density at radius 3 is 2.45 bits per heavy atom. The van der Waals surface area contributed by atoms with Gasteiger partial charge in [0.25, 0.3) is 5.91 Å². The average molecular weight is 299 g/mol. The number of carbonyl (C=O) groups excluding carboxylic acids is 2. The molecule has 0 spiro atoms. The molecule has 1 N–H and O–H groups in total. The summed E-state index contributed by atoms with van der Waals surface area (Å²) in [5.74, 6) is -0.135. The van der Waals surface area contributed by atoms with Gasteiger partial charge in [-0.25, -0.2) is 4.79 Å². The van der Waals surface area contributed by atoms with E-state index in [-0.39, 0.29) is 5.91 Å². The lowest BCUT2D eigenvalue weighted by molar-refractivity contribution is -0.122.